The number of sulfone groups is 1. The molecule has 0 bridgehead atoms. The molecular formula is C15H21NO5S. The lowest BCUT2D eigenvalue weighted by molar-refractivity contribution is -0.146. The van der Waals surface area contributed by atoms with Crippen molar-refractivity contribution in [2.24, 2.45) is 5.41 Å². The molecule has 0 aromatic heterocycles. The Kier molecular flexibility index (Phi) is 5.02. The van der Waals surface area contributed by atoms with Crippen LogP contribution in [0.1, 0.15) is 35.3 Å². The number of carboxylic acid groups (broad SMARTS) is 1. The summed E-state index contributed by atoms with van der Waals surface area (Å²) in [5, 5.41) is 11.6. The fourth-order valence-electron chi connectivity index (χ4n) is 1.75. The fraction of sp³-hybridized carbons (Fsp3) is 0.467. The monoisotopic (exact) mass is 327 g/mol. The average molecular weight is 327 g/mol. The largest absolute Gasteiger partial charge is 0.481 e. The van der Waals surface area contributed by atoms with Gasteiger partial charge in [-0.1, -0.05) is 0 Å². The van der Waals surface area contributed by atoms with Gasteiger partial charge in [0.05, 0.1) is 10.3 Å². The molecule has 7 heteroatoms. The standard InChI is InChI=1S/C15H21NO5S/c1-9-6-11(22(5,20)21)7-12(10(9)2)13(17)16-8-15(3,4)14(18)19/h6-7H,8H2,1-5H3,(H,16,17)(H,18,19). The van der Waals surface area contributed by atoms with Gasteiger partial charge in [-0.05, 0) is 51.0 Å². The smallest absolute Gasteiger partial charge is 0.310 e. The number of carbonyl (C=O) groups excluding carboxylic acids is 1. The molecule has 1 rings (SSSR count). The molecule has 22 heavy (non-hydrogen) atoms. The predicted molar refractivity (Wildman–Crippen MR) is 82.8 cm³/mol. The molecule has 0 aliphatic carbocycles. The van der Waals surface area contributed by atoms with Gasteiger partial charge in [0.15, 0.2) is 9.84 Å². The van der Waals surface area contributed by atoms with Gasteiger partial charge in [-0.25, -0.2) is 8.42 Å². The first kappa shape index (κ1) is 18.2. The summed E-state index contributed by atoms with van der Waals surface area (Å²) >= 11 is 0. The summed E-state index contributed by atoms with van der Waals surface area (Å²) in [6.45, 7) is 6.39. The molecule has 0 aliphatic rings. The molecule has 6 nitrogen and oxygen atoms in total. The minimum Gasteiger partial charge on any atom is -0.481 e. The van der Waals surface area contributed by atoms with Crippen LogP contribution in [0.25, 0.3) is 0 Å². The molecule has 1 aromatic carbocycles. The summed E-state index contributed by atoms with van der Waals surface area (Å²) in [7, 11) is -3.43. The van der Waals surface area contributed by atoms with Crippen molar-refractivity contribution in [1.29, 1.82) is 0 Å². The molecule has 122 valence electrons. The van der Waals surface area contributed by atoms with Crippen molar-refractivity contribution in [3.05, 3.63) is 28.8 Å². The number of rotatable bonds is 5. The average Bonchev–Trinajstić information content (AvgIpc) is 2.37. The first-order valence-electron chi connectivity index (χ1n) is 6.69. The molecule has 0 saturated carbocycles. The lowest BCUT2D eigenvalue weighted by Crippen LogP contribution is -2.39. The van der Waals surface area contributed by atoms with Crippen LogP contribution in [0.15, 0.2) is 17.0 Å². The molecule has 1 amide bonds. The minimum absolute atomic E-state index is 0.0528. The van der Waals surface area contributed by atoms with Crippen molar-refractivity contribution in [1.82, 2.24) is 5.32 Å². The van der Waals surface area contributed by atoms with Gasteiger partial charge in [0.25, 0.3) is 5.91 Å². The molecule has 0 saturated heterocycles. The Morgan fingerprint density at radius 3 is 2.23 bits per heavy atom. The molecule has 0 spiro atoms. The second-order valence-electron chi connectivity index (χ2n) is 6.06. The number of hydrogen-bond acceptors (Lipinski definition) is 4. The molecule has 0 atom stereocenters. The highest BCUT2D eigenvalue weighted by molar-refractivity contribution is 7.90. The van der Waals surface area contributed by atoms with Gasteiger partial charge in [0.2, 0.25) is 0 Å². The van der Waals surface area contributed by atoms with Crippen LogP contribution >= 0.6 is 0 Å². The zero-order valence-electron chi connectivity index (χ0n) is 13.4. The molecule has 0 aliphatic heterocycles. The molecule has 1 aromatic rings. The van der Waals surface area contributed by atoms with Gasteiger partial charge in [0, 0.05) is 18.4 Å². The van der Waals surface area contributed by atoms with Crippen LogP contribution in [-0.2, 0) is 14.6 Å². The van der Waals surface area contributed by atoms with Crippen molar-refractivity contribution in [2.75, 3.05) is 12.8 Å². The van der Waals surface area contributed by atoms with E-state index in [1.807, 2.05) is 0 Å². The van der Waals surface area contributed by atoms with Crippen LogP contribution in [-0.4, -0.2) is 38.2 Å². The first-order valence-corrected chi connectivity index (χ1v) is 8.58. The van der Waals surface area contributed by atoms with Crippen LogP contribution in [0.2, 0.25) is 0 Å². The van der Waals surface area contributed by atoms with Crippen LogP contribution in [0.5, 0.6) is 0 Å². The van der Waals surface area contributed by atoms with E-state index in [4.69, 9.17) is 5.11 Å². The van der Waals surface area contributed by atoms with E-state index in [0.717, 1.165) is 6.26 Å². The highest BCUT2D eigenvalue weighted by Gasteiger charge is 2.28. The number of carboxylic acids is 1. The van der Waals surface area contributed by atoms with Crippen LogP contribution < -0.4 is 5.32 Å². The number of aliphatic carboxylic acids is 1. The molecule has 0 radical (unpaired) electrons. The van der Waals surface area contributed by atoms with Gasteiger partial charge in [-0.3, -0.25) is 9.59 Å². The Morgan fingerprint density at radius 2 is 1.77 bits per heavy atom. The lowest BCUT2D eigenvalue weighted by Gasteiger charge is -2.20. The predicted octanol–water partition coefficient (Wildman–Crippen LogP) is 1.55. The Hall–Kier alpha value is -1.89. The number of hydrogen-bond donors (Lipinski definition) is 2. The maximum absolute atomic E-state index is 12.3. The van der Waals surface area contributed by atoms with Gasteiger partial charge in [-0.2, -0.15) is 0 Å². The SMILES string of the molecule is Cc1cc(S(C)(=O)=O)cc(C(=O)NCC(C)(C)C(=O)O)c1C. The quantitative estimate of drug-likeness (QED) is 0.854. The van der Waals surface area contributed by atoms with Crippen molar-refractivity contribution >= 4 is 21.7 Å². The number of aryl methyl sites for hydroxylation is 1. The van der Waals surface area contributed by atoms with E-state index in [1.54, 1.807) is 13.8 Å². The third-order valence-corrected chi connectivity index (χ3v) is 4.68. The van der Waals surface area contributed by atoms with Gasteiger partial charge in [0.1, 0.15) is 0 Å². The van der Waals surface area contributed by atoms with Crippen molar-refractivity contribution in [3.8, 4) is 0 Å². The summed E-state index contributed by atoms with van der Waals surface area (Å²) in [4.78, 5) is 23.4. The number of amides is 1. The van der Waals surface area contributed by atoms with E-state index in [-0.39, 0.29) is 17.0 Å². The van der Waals surface area contributed by atoms with E-state index in [1.165, 1.54) is 26.0 Å². The van der Waals surface area contributed by atoms with Gasteiger partial charge >= 0.3 is 5.97 Å². The van der Waals surface area contributed by atoms with E-state index < -0.39 is 27.1 Å². The topological polar surface area (TPSA) is 101 Å². The lowest BCUT2D eigenvalue weighted by atomic mass is 9.93. The zero-order valence-corrected chi connectivity index (χ0v) is 14.2. The highest BCUT2D eigenvalue weighted by atomic mass is 32.2. The molecule has 0 fully saturated rings. The zero-order chi connectivity index (χ0) is 17.3. The third kappa shape index (κ3) is 4.07. The van der Waals surface area contributed by atoms with Gasteiger partial charge < -0.3 is 10.4 Å². The fourth-order valence-corrected chi connectivity index (χ4v) is 2.47. The van der Waals surface area contributed by atoms with E-state index >= 15 is 0 Å². The number of nitrogens with one attached hydrogen (secondary N) is 1. The molecule has 0 heterocycles. The van der Waals surface area contributed by atoms with Crippen molar-refractivity contribution in [2.45, 2.75) is 32.6 Å². The summed E-state index contributed by atoms with van der Waals surface area (Å²) in [5.74, 6) is -1.51. The molecule has 0 unspecified atom stereocenters. The van der Waals surface area contributed by atoms with Gasteiger partial charge in [-0.15, -0.1) is 0 Å². The normalized spacial score (nSPS) is 12.0. The molecule has 2 N–H and O–H groups in total. The summed E-state index contributed by atoms with van der Waals surface area (Å²) in [6, 6.07) is 2.84. The van der Waals surface area contributed by atoms with Crippen LogP contribution in [0.3, 0.4) is 0 Å². The van der Waals surface area contributed by atoms with Crippen LogP contribution in [0, 0.1) is 19.3 Å². The Labute approximate surface area is 130 Å². The second kappa shape index (κ2) is 6.08. The Balaban J connectivity index is 3.14. The Bertz CT molecular complexity index is 720. The Morgan fingerprint density at radius 1 is 1.23 bits per heavy atom. The maximum Gasteiger partial charge on any atom is 0.310 e. The maximum atomic E-state index is 12.3. The summed E-state index contributed by atoms with van der Waals surface area (Å²) < 4.78 is 23.3. The molecular weight excluding hydrogens is 306 g/mol. The van der Waals surface area contributed by atoms with E-state index in [2.05, 4.69) is 5.32 Å². The van der Waals surface area contributed by atoms with Crippen molar-refractivity contribution < 1.29 is 23.1 Å². The number of carbonyl (C=O) groups is 2. The first-order chi connectivity index (χ1) is 9.86. The van der Waals surface area contributed by atoms with E-state index in [0.29, 0.717) is 11.1 Å². The minimum atomic E-state index is -3.43. The summed E-state index contributed by atoms with van der Waals surface area (Å²) in [6.07, 6.45) is 1.08. The van der Waals surface area contributed by atoms with E-state index in [9.17, 15) is 18.0 Å². The van der Waals surface area contributed by atoms with Crippen molar-refractivity contribution in [3.63, 3.8) is 0 Å². The number of benzene rings is 1. The van der Waals surface area contributed by atoms with Crippen LogP contribution in [0.4, 0.5) is 0 Å². The third-order valence-electron chi connectivity index (χ3n) is 3.58. The second-order valence-corrected chi connectivity index (χ2v) is 8.07. The highest BCUT2D eigenvalue weighted by Crippen LogP contribution is 2.20. The summed E-state index contributed by atoms with van der Waals surface area (Å²) in [5.41, 5.74) is 0.484.